The van der Waals surface area contributed by atoms with Gasteiger partial charge in [-0.15, -0.1) is 11.3 Å². The maximum Gasteiger partial charge on any atom is 0.268 e. The summed E-state index contributed by atoms with van der Waals surface area (Å²) in [6, 6.07) is 4.14. The average Bonchev–Trinajstić information content (AvgIpc) is 3.09. The van der Waals surface area contributed by atoms with Crippen LogP contribution in [0, 0.1) is 0 Å². The minimum absolute atomic E-state index is 0.0359. The number of aromatic nitrogens is 1. The zero-order valence-electron chi connectivity index (χ0n) is 12.7. The van der Waals surface area contributed by atoms with Crippen molar-refractivity contribution in [3.05, 3.63) is 23.2 Å². The van der Waals surface area contributed by atoms with Crippen molar-refractivity contribution in [2.24, 2.45) is 7.05 Å². The van der Waals surface area contributed by atoms with Crippen molar-refractivity contribution in [1.82, 2.24) is 15.2 Å². The molecule has 2 N–H and O–H groups in total. The van der Waals surface area contributed by atoms with E-state index in [1.54, 1.807) is 11.3 Å². The van der Waals surface area contributed by atoms with E-state index in [-0.39, 0.29) is 24.4 Å². The van der Waals surface area contributed by atoms with Crippen LogP contribution in [0.25, 0.3) is 10.2 Å². The Labute approximate surface area is 133 Å². The Morgan fingerprint density at radius 3 is 2.82 bits per heavy atom. The fourth-order valence-electron chi connectivity index (χ4n) is 3.04. The number of hydrogen-bond acceptors (Lipinski definition) is 3. The molecule has 0 saturated heterocycles. The van der Waals surface area contributed by atoms with Crippen LogP contribution in [0.4, 0.5) is 0 Å². The second kappa shape index (κ2) is 6.52. The van der Waals surface area contributed by atoms with E-state index in [9.17, 15) is 9.59 Å². The van der Waals surface area contributed by atoms with E-state index in [0.717, 1.165) is 23.1 Å². The van der Waals surface area contributed by atoms with Gasteiger partial charge < -0.3 is 15.2 Å². The first kappa shape index (κ1) is 15.1. The molecule has 0 unspecified atom stereocenters. The highest BCUT2D eigenvalue weighted by molar-refractivity contribution is 7.17. The lowest BCUT2D eigenvalue weighted by atomic mass is 9.95. The summed E-state index contributed by atoms with van der Waals surface area (Å²) in [5, 5.41) is 7.72. The van der Waals surface area contributed by atoms with Gasteiger partial charge in [0.05, 0.1) is 16.8 Å². The number of nitrogens with one attached hydrogen (secondary N) is 2. The van der Waals surface area contributed by atoms with Gasteiger partial charge in [-0.05, 0) is 30.4 Å². The fraction of sp³-hybridized carbons (Fsp3) is 0.500. The maximum atomic E-state index is 12.2. The van der Waals surface area contributed by atoms with Crippen LogP contribution in [0.5, 0.6) is 0 Å². The van der Waals surface area contributed by atoms with Crippen molar-refractivity contribution < 1.29 is 9.59 Å². The zero-order valence-corrected chi connectivity index (χ0v) is 13.5. The topological polar surface area (TPSA) is 63.1 Å². The molecule has 1 fully saturated rings. The molecule has 0 aromatic carbocycles. The predicted octanol–water partition coefficient (Wildman–Crippen LogP) is 2.42. The Morgan fingerprint density at radius 2 is 2.09 bits per heavy atom. The first-order valence-corrected chi connectivity index (χ1v) is 8.63. The molecule has 6 heteroatoms. The minimum atomic E-state index is -0.204. The lowest BCUT2D eigenvalue weighted by Gasteiger charge is -2.22. The highest BCUT2D eigenvalue weighted by atomic mass is 32.1. The number of nitrogens with zero attached hydrogens (tertiary/aromatic N) is 1. The minimum Gasteiger partial charge on any atom is -0.352 e. The summed E-state index contributed by atoms with van der Waals surface area (Å²) in [6.45, 7) is 0.0359. The molecule has 0 atom stereocenters. The quantitative estimate of drug-likeness (QED) is 0.909. The van der Waals surface area contributed by atoms with Crippen molar-refractivity contribution >= 4 is 33.4 Å². The molecular formula is C16H21N3O2S. The summed E-state index contributed by atoms with van der Waals surface area (Å²) in [7, 11) is 1.87. The van der Waals surface area contributed by atoms with E-state index in [4.69, 9.17) is 0 Å². The lowest BCUT2D eigenvalue weighted by molar-refractivity contribution is -0.121. The number of rotatable bonds is 4. The Bertz CT molecular complexity index is 683. The summed E-state index contributed by atoms with van der Waals surface area (Å²) in [5.74, 6) is -0.305. The largest absolute Gasteiger partial charge is 0.352 e. The number of amides is 2. The zero-order chi connectivity index (χ0) is 15.5. The van der Waals surface area contributed by atoms with Crippen LogP contribution >= 0.6 is 11.3 Å². The Hall–Kier alpha value is -1.82. The summed E-state index contributed by atoms with van der Waals surface area (Å²) >= 11 is 1.61. The normalized spacial score (nSPS) is 15.9. The SMILES string of the molecule is Cn1c(C(=O)NCC(=O)NC2CCCCC2)cc2sccc21. The van der Waals surface area contributed by atoms with Crippen molar-refractivity contribution in [2.75, 3.05) is 6.54 Å². The van der Waals surface area contributed by atoms with Gasteiger partial charge in [0.1, 0.15) is 5.69 Å². The molecule has 0 bridgehead atoms. The van der Waals surface area contributed by atoms with E-state index < -0.39 is 0 Å². The molecule has 0 spiro atoms. The van der Waals surface area contributed by atoms with Crippen LogP contribution in [0.15, 0.2) is 17.5 Å². The molecule has 22 heavy (non-hydrogen) atoms. The van der Waals surface area contributed by atoms with Crippen molar-refractivity contribution in [3.8, 4) is 0 Å². The monoisotopic (exact) mass is 319 g/mol. The highest BCUT2D eigenvalue weighted by Crippen LogP contribution is 2.24. The van der Waals surface area contributed by atoms with E-state index in [1.165, 1.54) is 19.3 Å². The molecule has 2 amide bonds. The second-order valence-corrected chi connectivity index (χ2v) is 6.79. The lowest BCUT2D eigenvalue weighted by Crippen LogP contribution is -2.42. The Morgan fingerprint density at radius 1 is 1.32 bits per heavy atom. The van der Waals surface area contributed by atoms with Gasteiger partial charge >= 0.3 is 0 Å². The second-order valence-electron chi connectivity index (χ2n) is 5.84. The number of carbonyl (C=O) groups excluding carboxylic acids is 2. The van der Waals surface area contributed by atoms with Gasteiger partial charge in [0.25, 0.3) is 5.91 Å². The van der Waals surface area contributed by atoms with E-state index in [1.807, 2.05) is 29.1 Å². The van der Waals surface area contributed by atoms with Crippen LogP contribution in [-0.2, 0) is 11.8 Å². The molecule has 1 saturated carbocycles. The van der Waals surface area contributed by atoms with Gasteiger partial charge in [0, 0.05) is 13.1 Å². The molecule has 0 radical (unpaired) electrons. The molecule has 5 nitrogen and oxygen atoms in total. The first-order chi connectivity index (χ1) is 10.6. The number of carbonyl (C=O) groups is 2. The number of hydrogen-bond donors (Lipinski definition) is 2. The highest BCUT2D eigenvalue weighted by Gasteiger charge is 2.17. The van der Waals surface area contributed by atoms with Crippen molar-refractivity contribution in [1.29, 1.82) is 0 Å². The number of aryl methyl sites for hydroxylation is 1. The third-order valence-electron chi connectivity index (χ3n) is 4.28. The summed E-state index contributed by atoms with van der Waals surface area (Å²) in [6.07, 6.45) is 5.71. The molecule has 1 aliphatic rings. The molecule has 2 heterocycles. The third-order valence-corrected chi connectivity index (χ3v) is 5.13. The van der Waals surface area contributed by atoms with Gasteiger partial charge in [-0.1, -0.05) is 19.3 Å². The molecule has 2 aromatic rings. The van der Waals surface area contributed by atoms with Crippen LogP contribution in [0.2, 0.25) is 0 Å². The van der Waals surface area contributed by atoms with Crippen LogP contribution in [0.1, 0.15) is 42.6 Å². The Balaban J connectivity index is 1.54. The standard InChI is InChI=1S/C16H21N3O2S/c1-19-12-7-8-22-14(12)9-13(19)16(21)17-10-15(20)18-11-5-3-2-4-6-11/h7-9,11H,2-6,10H2,1H3,(H,17,21)(H,18,20). The first-order valence-electron chi connectivity index (χ1n) is 7.75. The van der Waals surface area contributed by atoms with E-state index >= 15 is 0 Å². The third kappa shape index (κ3) is 3.16. The average molecular weight is 319 g/mol. The van der Waals surface area contributed by atoms with Crippen molar-refractivity contribution in [2.45, 2.75) is 38.1 Å². The number of thiophene rings is 1. The van der Waals surface area contributed by atoms with Crippen LogP contribution in [0.3, 0.4) is 0 Å². The molecule has 1 aliphatic carbocycles. The molecule has 118 valence electrons. The molecule has 0 aliphatic heterocycles. The van der Waals surface area contributed by atoms with Crippen LogP contribution < -0.4 is 10.6 Å². The fourth-order valence-corrected chi connectivity index (χ4v) is 3.89. The maximum absolute atomic E-state index is 12.2. The van der Waals surface area contributed by atoms with Crippen molar-refractivity contribution in [3.63, 3.8) is 0 Å². The summed E-state index contributed by atoms with van der Waals surface area (Å²) in [4.78, 5) is 24.1. The van der Waals surface area contributed by atoms with Gasteiger partial charge in [0.15, 0.2) is 0 Å². The molecule has 2 aromatic heterocycles. The summed E-state index contributed by atoms with van der Waals surface area (Å²) in [5.41, 5.74) is 1.63. The van der Waals surface area contributed by atoms with Gasteiger partial charge in [0.2, 0.25) is 5.91 Å². The smallest absolute Gasteiger partial charge is 0.268 e. The molecular weight excluding hydrogens is 298 g/mol. The Kier molecular flexibility index (Phi) is 4.47. The van der Waals surface area contributed by atoms with Gasteiger partial charge in [-0.25, -0.2) is 0 Å². The van der Waals surface area contributed by atoms with Gasteiger partial charge in [-0.2, -0.15) is 0 Å². The summed E-state index contributed by atoms with van der Waals surface area (Å²) < 4.78 is 2.94. The predicted molar refractivity (Wildman–Crippen MR) is 88.1 cm³/mol. The number of fused-ring (bicyclic) bond motifs is 1. The molecule has 3 rings (SSSR count). The van der Waals surface area contributed by atoms with Crippen LogP contribution in [-0.4, -0.2) is 29.0 Å². The van der Waals surface area contributed by atoms with E-state index in [0.29, 0.717) is 5.69 Å². The van der Waals surface area contributed by atoms with Gasteiger partial charge in [-0.3, -0.25) is 9.59 Å². The van der Waals surface area contributed by atoms with E-state index in [2.05, 4.69) is 10.6 Å².